The Labute approximate surface area is 166 Å². The number of thiophene rings is 1. The molecule has 1 aromatic heterocycles. The van der Waals surface area contributed by atoms with Crippen molar-refractivity contribution in [2.24, 2.45) is 5.73 Å². The lowest BCUT2D eigenvalue weighted by Crippen LogP contribution is -2.35. The van der Waals surface area contributed by atoms with Crippen molar-refractivity contribution >= 4 is 49.8 Å². The molecule has 27 heavy (non-hydrogen) atoms. The van der Waals surface area contributed by atoms with Gasteiger partial charge in [-0.05, 0) is 49.1 Å². The predicted molar refractivity (Wildman–Crippen MR) is 105 cm³/mol. The van der Waals surface area contributed by atoms with Crippen LogP contribution in [0.3, 0.4) is 0 Å². The van der Waals surface area contributed by atoms with E-state index >= 15 is 0 Å². The highest BCUT2D eigenvalue weighted by Crippen LogP contribution is 2.38. The van der Waals surface area contributed by atoms with Crippen LogP contribution in [0.15, 0.2) is 29.2 Å². The first-order chi connectivity index (χ1) is 12.7. The number of amides is 2. The molecule has 0 unspecified atom stereocenters. The van der Waals surface area contributed by atoms with Crippen molar-refractivity contribution in [1.82, 2.24) is 4.31 Å². The van der Waals surface area contributed by atoms with E-state index < -0.39 is 28.4 Å². The molecule has 0 bridgehead atoms. The van der Waals surface area contributed by atoms with Crippen molar-refractivity contribution in [3.05, 3.63) is 45.3 Å². The molecule has 1 aromatic carbocycles. The summed E-state index contributed by atoms with van der Waals surface area (Å²) in [6.07, 6.45) is 2.56. The Morgan fingerprint density at radius 2 is 1.93 bits per heavy atom. The van der Waals surface area contributed by atoms with E-state index in [1.54, 1.807) is 0 Å². The second-order valence-corrected chi connectivity index (χ2v) is 9.78. The standard InChI is InChI=1S/C17H18ClN3O4S2/c1-21(27(24,25)11-7-5-10(18)6-8-11)9-14(22)20-17-15(16(19)23)12-3-2-4-13(12)26-17/h5-8H,2-4,9H2,1H3,(H2,19,23)(H,20,22). The summed E-state index contributed by atoms with van der Waals surface area (Å²) in [5, 5.41) is 3.44. The van der Waals surface area contributed by atoms with Gasteiger partial charge in [0.25, 0.3) is 5.91 Å². The smallest absolute Gasteiger partial charge is 0.251 e. The normalized spacial score (nSPS) is 13.6. The number of primary amides is 1. The number of anilines is 1. The highest BCUT2D eigenvalue weighted by Gasteiger charge is 2.28. The molecule has 3 rings (SSSR count). The monoisotopic (exact) mass is 427 g/mol. The van der Waals surface area contributed by atoms with Gasteiger partial charge in [0.1, 0.15) is 5.00 Å². The summed E-state index contributed by atoms with van der Waals surface area (Å²) in [6.45, 7) is -0.397. The van der Waals surface area contributed by atoms with Crippen LogP contribution in [0.25, 0.3) is 0 Å². The number of carbonyl (C=O) groups is 2. The molecule has 0 radical (unpaired) electrons. The molecule has 3 N–H and O–H groups in total. The van der Waals surface area contributed by atoms with Crippen molar-refractivity contribution in [3.63, 3.8) is 0 Å². The molecule has 0 saturated carbocycles. The van der Waals surface area contributed by atoms with Crippen LogP contribution in [-0.2, 0) is 27.7 Å². The van der Waals surface area contributed by atoms with Crippen LogP contribution in [0.1, 0.15) is 27.2 Å². The van der Waals surface area contributed by atoms with Crippen LogP contribution in [0.2, 0.25) is 5.02 Å². The van der Waals surface area contributed by atoms with Crippen LogP contribution in [0.5, 0.6) is 0 Å². The van der Waals surface area contributed by atoms with Gasteiger partial charge in [-0.3, -0.25) is 9.59 Å². The Morgan fingerprint density at radius 1 is 1.26 bits per heavy atom. The number of halogens is 1. The Hall–Kier alpha value is -1.94. The zero-order valence-corrected chi connectivity index (χ0v) is 16.9. The summed E-state index contributed by atoms with van der Waals surface area (Å²) >= 11 is 7.10. The SMILES string of the molecule is CN(CC(=O)Nc1sc2c(c1C(N)=O)CCC2)S(=O)(=O)c1ccc(Cl)cc1. The fourth-order valence-electron chi connectivity index (χ4n) is 2.99. The number of hydrogen-bond donors (Lipinski definition) is 2. The van der Waals surface area contributed by atoms with Gasteiger partial charge in [-0.15, -0.1) is 11.3 Å². The third kappa shape index (κ3) is 4.01. The van der Waals surface area contributed by atoms with Crippen LogP contribution < -0.4 is 11.1 Å². The first-order valence-electron chi connectivity index (χ1n) is 8.16. The number of aryl methyl sites for hydroxylation is 1. The van der Waals surface area contributed by atoms with Gasteiger partial charge in [0.05, 0.1) is 17.0 Å². The van der Waals surface area contributed by atoms with E-state index in [4.69, 9.17) is 17.3 Å². The lowest BCUT2D eigenvalue weighted by Gasteiger charge is -2.17. The van der Waals surface area contributed by atoms with Crippen molar-refractivity contribution in [2.45, 2.75) is 24.2 Å². The second kappa shape index (κ2) is 7.59. The molecule has 1 aliphatic carbocycles. The van der Waals surface area contributed by atoms with Crippen LogP contribution >= 0.6 is 22.9 Å². The number of nitrogens with one attached hydrogen (secondary N) is 1. The fourth-order valence-corrected chi connectivity index (χ4v) is 5.56. The fraction of sp³-hybridized carbons (Fsp3) is 0.294. The Morgan fingerprint density at radius 3 is 2.56 bits per heavy atom. The van der Waals surface area contributed by atoms with Crippen molar-refractivity contribution in [3.8, 4) is 0 Å². The number of hydrogen-bond acceptors (Lipinski definition) is 5. The highest BCUT2D eigenvalue weighted by molar-refractivity contribution is 7.89. The van der Waals surface area contributed by atoms with E-state index in [9.17, 15) is 18.0 Å². The zero-order valence-electron chi connectivity index (χ0n) is 14.5. The van der Waals surface area contributed by atoms with Gasteiger partial charge in [-0.25, -0.2) is 8.42 Å². The molecule has 0 atom stereocenters. The Balaban J connectivity index is 1.74. The van der Waals surface area contributed by atoms with Crippen LogP contribution in [0.4, 0.5) is 5.00 Å². The maximum absolute atomic E-state index is 12.6. The van der Waals surface area contributed by atoms with E-state index in [0.29, 0.717) is 15.6 Å². The minimum Gasteiger partial charge on any atom is -0.365 e. The molecule has 2 aromatic rings. The van der Waals surface area contributed by atoms with Gasteiger partial charge in [0.15, 0.2) is 0 Å². The Bertz CT molecular complexity index is 1000. The first kappa shape index (κ1) is 19.8. The van der Waals surface area contributed by atoms with Crippen LogP contribution in [-0.4, -0.2) is 38.1 Å². The van der Waals surface area contributed by atoms with Gasteiger partial charge < -0.3 is 11.1 Å². The summed E-state index contributed by atoms with van der Waals surface area (Å²) in [5.41, 5.74) is 6.70. The van der Waals surface area contributed by atoms with E-state index in [-0.39, 0.29) is 4.90 Å². The van der Waals surface area contributed by atoms with Gasteiger partial charge in [0, 0.05) is 16.9 Å². The average molecular weight is 428 g/mol. The quantitative estimate of drug-likeness (QED) is 0.736. The van der Waals surface area contributed by atoms with E-state index in [2.05, 4.69) is 5.32 Å². The molecule has 1 aliphatic rings. The van der Waals surface area contributed by atoms with Crippen molar-refractivity contribution in [2.75, 3.05) is 18.9 Å². The lowest BCUT2D eigenvalue weighted by molar-refractivity contribution is -0.116. The van der Waals surface area contributed by atoms with Crippen LogP contribution in [0, 0.1) is 0 Å². The van der Waals surface area contributed by atoms with E-state index in [1.165, 1.54) is 42.6 Å². The minimum atomic E-state index is -3.84. The highest BCUT2D eigenvalue weighted by atomic mass is 35.5. The third-order valence-corrected chi connectivity index (χ3v) is 7.59. The number of sulfonamides is 1. The predicted octanol–water partition coefficient (Wildman–Crippen LogP) is 2.25. The number of carbonyl (C=O) groups excluding carboxylic acids is 2. The summed E-state index contributed by atoms with van der Waals surface area (Å²) < 4.78 is 26.0. The summed E-state index contributed by atoms with van der Waals surface area (Å²) in [4.78, 5) is 25.2. The van der Waals surface area contributed by atoms with E-state index in [1.807, 2.05) is 0 Å². The number of rotatable bonds is 6. The summed E-state index contributed by atoms with van der Waals surface area (Å²) in [7, 11) is -2.53. The molecular weight excluding hydrogens is 410 g/mol. The largest absolute Gasteiger partial charge is 0.365 e. The summed E-state index contributed by atoms with van der Waals surface area (Å²) in [6, 6.07) is 5.69. The molecule has 10 heteroatoms. The van der Waals surface area contributed by atoms with Crippen molar-refractivity contribution < 1.29 is 18.0 Å². The molecule has 7 nitrogen and oxygen atoms in total. The molecular formula is C17H18ClN3O4S2. The van der Waals surface area contributed by atoms with Gasteiger partial charge in [-0.2, -0.15) is 4.31 Å². The topological polar surface area (TPSA) is 110 Å². The minimum absolute atomic E-state index is 0.0372. The van der Waals surface area contributed by atoms with E-state index in [0.717, 1.165) is 34.0 Å². The molecule has 0 fully saturated rings. The second-order valence-electron chi connectivity index (χ2n) is 6.19. The van der Waals surface area contributed by atoms with Gasteiger partial charge in [-0.1, -0.05) is 11.6 Å². The maximum Gasteiger partial charge on any atom is 0.251 e. The number of nitrogens with zero attached hydrogens (tertiary/aromatic N) is 1. The molecule has 144 valence electrons. The lowest BCUT2D eigenvalue weighted by atomic mass is 10.1. The first-order valence-corrected chi connectivity index (χ1v) is 10.8. The van der Waals surface area contributed by atoms with Gasteiger partial charge in [0.2, 0.25) is 15.9 Å². The van der Waals surface area contributed by atoms with Gasteiger partial charge >= 0.3 is 0 Å². The summed E-state index contributed by atoms with van der Waals surface area (Å²) in [5.74, 6) is -1.13. The average Bonchev–Trinajstić information content (AvgIpc) is 3.15. The zero-order chi connectivity index (χ0) is 19.8. The Kier molecular flexibility index (Phi) is 5.57. The third-order valence-electron chi connectivity index (χ3n) is 4.31. The molecule has 0 aliphatic heterocycles. The molecule has 0 spiro atoms. The molecule has 2 amide bonds. The maximum atomic E-state index is 12.6. The molecule has 1 heterocycles. The molecule has 0 saturated heterocycles. The number of fused-ring (bicyclic) bond motifs is 1. The number of benzene rings is 1. The number of likely N-dealkylation sites (N-methyl/N-ethyl adjacent to an activating group) is 1. The number of nitrogens with two attached hydrogens (primary N) is 1. The van der Waals surface area contributed by atoms with Crippen molar-refractivity contribution in [1.29, 1.82) is 0 Å².